The average Bonchev–Trinajstić information content (AvgIpc) is 2.94. The molecular formula is C14H24N2O3. The van der Waals surface area contributed by atoms with Gasteiger partial charge in [0, 0.05) is 13.1 Å². The molecule has 2 atom stereocenters. The van der Waals surface area contributed by atoms with Gasteiger partial charge in [0.15, 0.2) is 0 Å². The smallest absolute Gasteiger partial charge is 0.307 e. The standard InChI is InChI=1S/C14H24N2O3/c1-14(2)10(11(14)13(18)19)12(17)15-6-9-16-7-4-3-5-8-16/h10-11H,3-9H2,1-2H3,(H,15,17)(H,18,19). The number of carboxylic acids is 1. The predicted octanol–water partition coefficient (Wildman–Crippen LogP) is 0.945. The Morgan fingerprint density at radius 2 is 1.84 bits per heavy atom. The summed E-state index contributed by atoms with van der Waals surface area (Å²) in [5.74, 6) is -1.86. The SMILES string of the molecule is CC1(C)C(C(=O)O)C1C(=O)NCCN1CCCCC1. The molecule has 0 aromatic carbocycles. The maximum Gasteiger partial charge on any atom is 0.307 e. The fourth-order valence-electron chi connectivity index (χ4n) is 3.22. The molecule has 0 radical (unpaired) electrons. The molecule has 1 saturated carbocycles. The number of nitrogens with one attached hydrogen (secondary N) is 1. The number of hydrogen-bond acceptors (Lipinski definition) is 3. The Balaban J connectivity index is 1.72. The van der Waals surface area contributed by atoms with Gasteiger partial charge in [0.05, 0.1) is 11.8 Å². The van der Waals surface area contributed by atoms with Gasteiger partial charge in [0.2, 0.25) is 5.91 Å². The molecule has 1 saturated heterocycles. The summed E-state index contributed by atoms with van der Waals surface area (Å²) >= 11 is 0. The lowest BCUT2D eigenvalue weighted by atomic mass is 10.1. The normalized spacial score (nSPS) is 29.8. The van der Waals surface area contributed by atoms with Gasteiger partial charge in [-0.15, -0.1) is 0 Å². The summed E-state index contributed by atoms with van der Waals surface area (Å²) in [4.78, 5) is 25.4. The van der Waals surface area contributed by atoms with Gasteiger partial charge in [0.1, 0.15) is 0 Å². The molecule has 2 aliphatic rings. The van der Waals surface area contributed by atoms with Crippen LogP contribution in [0.1, 0.15) is 33.1 Å². The molecule has 1 amide bonds. The molecule has 0 bridgehead atoms. The van der Waals surface area contributed by atoms with Crippen LogP contribution in [-0.4, -0.2) is 48.1 Å². The quantitative estimate of drug-likeness (QED) is 0.779. The first-order valence-electron chi connectivity index (χ1n) is 7.17. The minimum Gasteiger partial charge on any atom is -0.481 e. The monoisotopic (exact) mass is 268 g/mol. The van der Waals surface area contributed by atoms with Crippen LogP contribution in [0.15, 0.2) is 0 Å². The van der Waals surface area contributed by atoms with E-state index in [4.69, 9.17) is 5.11 Å². The maximum absolute atomic E-state index is 12.0. The minimum absolute atomic E-state index is 0.102. The largest absolute Gasteiger partial charge is 0.481 e. The third-order valence-electron chi connectivity index (χ3n) is 4.55. The van der Waals surface area contributed by atoms with Gasteiger partial charge in [-0.2, -0.15) is 0 Å². The number of hydrogen-bond donors (Lipinski definition) is 2. The fraction of sp³-hybridized carbons (Fsp3) is 0.857. The van der Waals surface area contributed by atoms with E-state index in [2.05, 4.69) is 10.2 Å². The van der Waals surface area contributed by atoms with Gasteiger partial charge in [-0.3, -0.25) is 9.59 Å². The molecule has 1 aliphatic carbocycles. The summed E-state index contributed by atoms with van der Waals surface area (Å²) < 4.78 is 0. The van der Waals surface area contributed by atoms with Crippen LogP contribution in [0, 0.1) is 17.3 Å². The molecule has 0 aromatic heterocycles. The molecule has 1 aliphatic heterocycles. The molecule has 19 heavy (non-hydrogen) atoms. The highest BCUT2D eigenvalue weighted by atomic mass is 16.4. The Morgan fingerprint density at radius 3 is 2.37 bits per heavy atom. The predicted molar refractivity (Wildman–Crippen MR) is 71.7 cm³/mol. The number of carboxylic acid groups (broad SMARTS) is 1. The number of nitrogens with zero attached hydrogens (tertiary/aromatic N) is 1. The fourth-order valence-corrected chi connectivity index (χ4v) is 3.22. The van der Waals surface area contributed by atoms with Gasteiger partial charge >= 0.3 is 5.97 Å². The lowest BCUT2D eigenvalue weighted by molar-refractivity contribution is -0.140. The Labute approximate surface area is 114 Å². The van der Waals surface area contributed by atoms with Gasteiger partial charge in [-0.25, -0.2) is 0 Å². The van der Waals surface area contributed by atoms with Crippen molar-refractivity contribution in [1.82, 2.24) is 10.2 Å². The van der Waals surface area contributed by atoms with E-state index >= 15 is 0 Å². The van der Waals surface area contributed by atoms with Gasteiger partial charge in [0.25, 0.3) is 0 Å². The highest BCUT2D eigenvalue weighted by Crippen LogP contribution is 2.58. The van der Waals surface area contributed by atoms with Crippen LogP contribution in [0.2, 0.25) is 0 Å². The number of piperidine rings is 1. The zero-order valence-corrected chi connectivity index (χ0v) is 11.8. The van der Waals surface area contributed by atoms with Crippen molar-refractivity contribution in [2.24, 2.45) is 17.3 Å². The molecule has 5 nitrogen and oxygen atoms in total. The number of carbonyl (C=O) groups is 2. The van der Waals surface area contributed by atoms with Crippen LogP contribution >= 0.6 is 0 Å². The van der Waals surface area contributed by atoms with E-state index < -0.39 is 17.3 Å². The molecule has 0 spiro atoms. The van der Waals surface area contributed by atoms with Crippen molar-refractivity contribution in [3.8, 4) is 0 Å². The van der Waals surface area contributed by atoms with Crippen molar-refractivity contribution in [1.29, 1.82) is 0 Å². The molecule has 2 unspecified atom stereocenters. The Morgan fingerprint density at radius 1 is 1.21 bits per heavy atom. The maximum atomic E-state index is 12.0. The third-order valence-corrected chi connectivity index (χ3v) is 4.55. The van der Waals surface area contributed by atoms with Crippen molar-refractivity contribution in [3.63, 3.8) is 0 Å². The first kappa shape index (κ1) is 14.3. The van der Waals surface area contributed by atoms with Crippen molar-refractivity contribution in [2.75, 3.05) is 26.2 Å². The summed E-state index contributed by atoms with van der Waals surface area (Å²) in [6, 6.07) is 0. The highest BCUT2D eigenvalue weighted by Gasteiger charge is 2.65. The molecule has 1 heterocycles. The van der Waals surface area contributed by atoms with Crippen LogP contribution in [-0.2, 0) is 9.59 Å². The Hall–Kier alpha value is -1.10. The molecule has 108 valence electrons. The third kappa shape index (κ3) is 3.08. The average molecular weight is 268 g/mol. The number of aliphatic carboxylic acids is 1. The van der Waals surface area contributed by atoms with E-state index in [0.717, 1.165) is 19.6 Å². The number of amides is 1. The van der Waals surface area contributed by atoms with Crippen LogP contribution in [0.4, 0.5) is 0 Å². The second kappa shape index (κ2) is 5.49. The van der Waals surface area contributed by atoms with E-state index in [1.54, 1.807) is 0 Å². The first-order valence-corrected chi connectivity index (χ1v) is 7.17. The number of carbonyl (C=O) groups excluding carboxylic acids is 1. The summed E-state index contributed by atoms with van der Waals surface area (Å²) in [7, 11) is 0. The molecular weight excluding hydrogens is 244 g/mol. The van der Waals surface area contributed by atoms with Crippen molar-refractivity contribution in [3.05, 3.63) is 0 Å². The summed E-state index contributed by atoms with van der Waals surface area (Å²) in [5, 5.41) is 11.9. The van der Waals surface area contributed by atoms with Crippen LogP contribution in [0.3, 0.4) is 0 Å². The topological polar surface area (TPSA) is 69.6 Å². The van der Waals surface area contributed by atoms with E-state index in [1.165, 1.54) is 19.3 Å². The van der Waals surface area contributed by atoms with Crippen LogP contribution in [0.5, 0.6) is 0 Å². The van der Waals surface area contributed by atoms with Crippen molar-refractivity contribution in [2.45, 2.75) is 33.1 Å². The lowest BCUT2D eigenvalue weighted by Gasteiger charge is -2.26. The van der Waals surface area contributed by atoms with Crippen LogP contribution in [0.25, 0.3) is 0 Å². The van der Waals surface area contributed by atoms with Gasteiger partial charge < -0.3 is 15.3 Å². The first-order chi connectivity index (χ1) is 8.94. The van der Waals surface area contributed by atoms with Gasteiger partial charge in [-0.1, -0.05) is 20.3 Å². The summed E-state index contributed by atoms with van der Waals surface area (Å²) in [6.07, 6.45) is 3.79. The van der Waals surface area contributed by atoms with Gasteiger partial charge in [-0.05, 0) is 31.3 Å². The van der Waals surface area contributed by atoms with Crippen molar-refractivity contribution < 1.29 is 14.7 Å². The molecule has 2 rings (SSSR count). The Kier molecular flexibility index (Phi) is 4.13. The molecule has 2 N–H and O–H groups in total. The number of likely N-dealkylation sites (tertiary alicyclic amines) is 1. The molecule has 5 heteroatoms. The highest BCUT2D eigenvalue weighted by molar-refractivity contribution is 5.91. The zero-order valence-electron chi connectivity index (χ0n) is 11.8. The molecule has 2 fully saturated rings. The summed E-state index contributed by atoms with van der Waals surface area (Å²) in [5.41, 5.74) is -0.402. The van der Waals surface area contributed by atoms with E-state index in [9.17, 15) is 9.59 Å². The Bertz CT molecular complexity index is 362. The summed E-state index contributed by atoms with van der Waals surface area (Å²) in [6.45, 7) is 7.42. The second-order valence-electron chi connectivity index (χ2n) is 6.31. The van der Waals surface area contributed by atoms with Crippen LogP contribution < -0.4 is 5.32 Å². The lowest BCUT2D eigenvalue weighted by Crippen LogP contribution is -2.38. The minimum atomic E-state index is -0.860. The van der Waals surface area contributed by atoms with Crippen molar-refractivity contribution >= 4 is 11.9 Å². The molecule has 0 aromatic rings. The van der Waals surface area contributed by atoms with E-state index in [0.29, 0.717) is 6.54 Å². The zero-order chi connectivity index (χ0) is 14.0. The van der Waals surface area contributed by atoms with E-state index in [1.807, 2.05) is 13.8 Å². The number of rotatable bonds is 5. The van der Waals surface area contributed by atoms with E-state index in [-0.39, 0.29) is 11.8 Å². The second-order valence-corrected chi connectivity index (χ2v) is 6.31.